The minimum absolute atomic E-state index is 0.0640. The summed E-state index contributed by atoms with van der Waals surface area (Å²) in [6.45, 7) is 5.24. The summed E-state index contributed by atoms with van der Waals surface area (Å²) in [6, 6.07) is 15.7. The summed E-state index contributed by atoms with van der Waals surface area (Å²) in [5.74, 6) is -3.42. The van der Waals surface area contributed by atoms with Gasteiger partial charge in [0.05, 0.1) is 18.8 Å². The Morgan fingerprint density at radius 1 is 0.897 bits per heavy atom. The van der Waals surface area contributed by atoms with Crippen molar-refractivity contribution in [3.05, 3.63) is 54.3 Å². The maximum atomic E-state index is 14.0. The molecule has 0 radical (unpaired) electrons. The first-order valence-electron chi connectivity index (χ1n) is 13.8. The zero-order chi connectivity index (χ0) is 27.3. The van der Waals surface area contributed by atoms with Gasteiger partial charge in [0.2, 0.25) is 5.92 Å². The van der Waals surface area contributed by atoms with Gasteiger partial charge in [-0.3, -0.25) is 9.59 Å². The zero-order valence-corrected chi connectivity index (χ0v) is 22.2. The number of carbonyl (C=O) groups is 2. The monoisotopic (exact) mass is 536 g/mol. The molecule has 6 nitrogen and oxygen atoms in total. The molecule has 2 heterocycles. The molecule has 3 fully saturated rings. The van der Waals surface area contributed by atoms with Crippen molar-refractivity contribution in [3.63, 3.8) is 0 Å². The van der Waals surface area contributed by atoms with E-state index in [1.807, 2.05) is 25.1 Å². The molecule has 206 valence electrons. The summed E-state index contributed by atoms with van der Waals surface area (Å²) in [4.78, 5) is 29.0. The molecular formula is C31H34F2N2O4. The largest absolute Gasteiger partial charge is 0.451 e. The molecule has 2 aliphatic carbocycles. The molecule has 6 rings (SSSR count). The Hall–Kier alpha value is -3.26. The fourth-order valence-electron chi connectivity index (χ4n) is 5.75. The number of hydrogen-bond donors (Lipinski definition) is 1. The highest BCUT2D eigenvalue weighted by Crippen LogP contribution is 2.50. The van der Waals surface area contributed by atoms with Gasteiger partial charge in [-0.15, -0.1) is 0 Å². The first kappa shape index (κ1) is 26.0. The van der Waals surface area contributed by atoms with Crippen LogP contribution in [0.3, 0.4) is 0 Å². The highest BCUT2D eigenvalue weighted by atomic mass is 19.3. The predicted molar refractivity (Wildman–Crippen MR) is 145 cm³/mol. The van der Waals surface area contributed by atoms with Gasteiger partial charge in [-0.25, -0.2) is 8.78 Å². The summed E-state index contributed by atoms with van der Waals surface area (Å²) < 4.78 is 39.4. The second-order valence-corrected chi connectivity index (χ2v) is 11.8. The summed E-state index contributed by atoms with van der Waals surface area (Å²) in [6.07, 6.45) is 1.23. The molecular weight excluding hydrogens is 502 g/mol. The van der Waals surface area contributed by atoms with E-state index < -0.39 is 30.2 Å². The van der Waals surface area contributed by atoms with Crippen LogP contribution in [-0.4, -0.2) is 49.5 Å². The number of nitrogens with zero attached hydrogens (tertiary/aromatic N) is 1. The summed E-state index contributed by atoms with van der Waals surface area (Å²) in [5.41, 5.74) is 2.33. The molecule has 39 heavy (non-hydrogen) atoms. The molecule has 0 spiro atoms. The maximum absolute atomic E-state index is 14.0. The molecule has 1 N–H and O–H groups in total. The van der Waals surface area contributed by atoms with Crippen LogP contribution in [0, 0.1) is 5.41 Å². The number of benzene rings is 2. The standard InChI is InChI=1S/C31H34F2N2O4/c1-29(8-9-29)20-27(36)30(10-12-31(32,33)13-11-30)34-28(37)26-19-23-3-2-22(18-25(23)39-26)21-4-6-24(7-5-21)35-14-16-38-17-15-35/h2-7,18-19H,8-17,20H2,1H3,(H,34,37). The van der Waals surface area contributed by atoms with E-state index in [2.05, 4.69) is 34.5 Å². The number of hydrogen-bond acceptors (Lipinski definition) is 5. The Morgan fingerprint density at radius 3 is 2.23 bits per heavy atom. The van der Waals surface area contributed by atoms with E-state index in [0.29, 0.717) is 12.0 Å². The average Bonchev–Trinajstić information content (AvgIpc) is 3.50. The molecule has 3 aromatic rings. The molecule has 1 aliphatic heterocycles. The number of nitrogens with one attached hydrogen (secondary N) is 1. The Kier molecular flexibility index (Phi) is 6.49. The number of ketones is 1. The lowest BCUT2D eigenvalue weighted by Gasteiger charge is -2.40. The first-order valence-corrected chi connectivity index (χ1v) is 13.8. The third kappa shape index (κ3) is 5.44. The number of fused-ring (bicyclic) bond motifs is 1. The second kappa shape index (κ2) is 9.73. The van der Waals surface area contributed by atoms with E-state index >= 15 is 0 Å². The topological polar surface area (TPSA) is 71.8 Å². The van der Waals surface area contributed by atoms with Gasteiger partial charge in [0.15, 0.2) is 11.5 Å². The van der Waals surface area contributed by atoms with Gasteiger partial charge in [0.25, 0.3) is 5.91 Å². The molecule has 0 atom stereocenters. The second-order valence-electron chi connectivity index (χ2n) is 11.8. The maximum Gasteiger partial charge on any atom is 0.287 e. The highest BCUT2D eigenvalue weighted by molar-refractivity contribution is 6.01. The van der Waals surface area contributed by atoms with Crippen molar-refractivity contribution in [1.82, 2.24) is 5.32 Å². The van der Waals surface area contributed by atoms with Gasteiger partial charge in [-0.1, -0.05) is 31.2 Å². The predicted octanol–water partition coefficient (Wildman–Crippen LogP) is 6.37. The fraction of sp³-hybridized carbons (Fsp3) is 0.484. The van der Waals surface area contributed by atoms with E-state index in [1.165, 1.54) is 0 Å². The van der Waals surface area contributed by atoms with Crippen LogP contribution in [0.4, 0.5) is 14.5 Å². The lowest BCUT2D eigenvalue weighted by molar-refractivity contribution is -0.131. The van der Waals surface area contributed by atoms with E-state index in [4.69, 9.17) is 9.15 Å². The lowest BCUT2D eigenvalue weighted by Crippen LogP contribution is -2.58. The smallest absolute Gasteiger partial charge is 0.287 e. The zero-order valence-electron chi connectivity index (χ0n) is 22.2. The Balaban J connectivity index is 1.20. The molecule has 2 aromatic carbocycles. The molecule has 0 bridgehead atoms. The van der Waals surface area contributed by atoms with Crippen molar-refractivity contribution in [1.29, 1.82) is 0 Å². The van der Waals surface area contributed by atoms with Gasteiger partial charge >= 0.3 is 0 Å². The number of Topliss-reactive ketones (excluding diaryl/α,β-unsaturated/α-hetero) is 1. The van der Waals surface area contributed by atoms with Crippen molar-refractivity contribution in [3.8, 4) is 11.1 Å². The van der Waals surface area contributed by atoms with Crippen LogP contribution in [0.15, 0.2) is 52.9 Å². The number of carbonyl (C=O) groups excluding carboxylic acids is 2. The van der Waals surface area contributed by atoms with E-state index in [0.717, 1.165) is 61.3 Å². The normalized spacial score (nSPS) is 21.5. The lowest BCUT2D eigenvalue weighted by atomic mass is 9.74. The quantitative estimate of drug-likeness (QED) is 0.380. The highest BCUT2D eigenvalue weighted by Gasteiger charge is 2.51. The van der Waals surface area contributed by atoms with E-state index in [-0.39, 0.29) is 29.8 Å². The van der Waals surface area contributed by atoms with Gasteiger partial charge in [0.1, 0.15) is 5.58 Å². The molecule has 3 aliphatic rings. The Morgan fingerprint density at radius 2 is 1.56 bits per heavy atom. The SMILES string of the molecule is CC1(CC(=O)C2(NC(=O)c3cc4ccc(-c5ccc(N6CCOCC6)cc5)cc4o3)CCC(F)(F)CC2)CC1. The van der Waals surface area contributed by atoms with Crippen LogP contribution < -0.4 is 10.2 Å². The van der Waals surface area contributed by atoms with Crippen LogP contribution in [0.2, 0.25) is 0 Å². The van der Waals surface area contributed by atoms with E-state index in [1.54, 1.807) is 6.07 Å². The van der Waals surface area contributed by atoms with Crippen LogP contribution in [0.25, 0.3) is 22.1 Å². The third-order valence-electron chi connectivity index (χ3n) is 8.73. The summed E-state index contributed by atoms with van der Waals surface area (Å²) in [7, 11) is 0. The number of alkyl halides is 2. The molecule has 1 amide bonds. The number of amides is 1. The number of furan rings is 1. The summed E-state index contributed by atoms with van der Waals surface area (Å²) in [5, 5.41) is 3.61. The molecule has 0 unspecified atom stereocenters. The van der Waals surface area contributed by atoms with Crippen molar-refractivity contribution in [2.45, 2.75) is 63.3 Å². The van der Waals surface area contributed by atoms with E-state index in [9.17, 15) is 18.4 Å². The van der Waals surface area contributed by atoms with Crippen molar-refractivity contribution in [2.24, 2.45) is 5.41 Å². The first-order chi connectivity index (χ1) is 18.6. The van der Waals surface area contributed by atoms with Crippen LogP contribution in [0.1, 0.15) is 62.4 Å². The number of anilines is 1. The van der Waals surface area contributed by atoms with Gasteiger partial charge in [-0.05, 0) is 66.5 Å². The Bertz CT molecular complexity index is 1380. The number of rotatable bonds is 7. The molecule has 8 heteroatoms. The van der Waals surface area contributed by atoms with Crippen molar-refractivity contribution < 1.29 is 27.5 Å². The number of halogens is 2. The van der Waals surface area contributed by atoms with Crippen LogP contribution >= 0.6 is 0 Å². The number of ether oxygens (including phenoxy) is 1. The third-order valence-corrected chi connectivity index (χ3v) is 8.73. The van der Waals surface area contributed by atoms with Crippen molar-refractivity contribution >= 4 is 28.3 Å². The van der Waals surface area contributed by atoms with Crippen LogP contribution in [0.5, 0.6) is 0 Å². The molecule has 1 saturated heterocycles. The number of morpholine rings is 1. The molecule has 1 aromatic heterocycles. The van der Waals surface area contributed by atoms with Crippen LogP contribution in [-0.2, 0) is 9.53 Å². The van der Waals surface area contributed by atoms with Gasteiger partial charge < -0.3 is 19.4 Å². The Labute approximate surface area is 226 Å². The minimum atomic E-state index is -2.81. The van der Waals surface area contributed by atoms with Gasteiger partial charge in [0, 0.05) is 43.4 Å². The minimum Gasteiger partial charge on any atom is -0.451 e. The van der Waals surface area contributed by atoms with Crippen molar-refractivity contribution in [2.75, 3.05) is 31.2 Å². The summed E-state index contributed by atoms with van der Waals surface area (Å²) >= 11 is 0. The van der Waals surface area contributed by atoms with Gasteiger partial charge in [-0.2, -0.15) is 0 Å². The fourth-order valence-corrected chi connectivity index (χ4v) is 5.75. The molecule has 2 saturated carbocycles. The average molecular weight is 537 g/mol.